The van der Waals surface area contributed by atoms with E-state index in [1.54, 1.807) is 12.1 Å². The van der Waals surface area contributed by atoms with Gasteiger partial charge in [-0.2, -0.15) is 0 Å². The van der Waals surface area contributed by atoms with Crippen molar-refractivity contribution in [1.82, 2.24) is 10.7 Å². The third-order valence-corrected chi connectivity index (χ3v) is 4.09. The van der Waals surface area contributed by atoms with E-state index in [1.807, 2.05) is 0 Å². The Bertz CT molecular complexity index is 480. The maximum atomic E-state index is 12.9. The molecule has 0 atom stereocenters. The molecule has 4 nitrogen and oxygen atoms in total. The van der Waals surface area contributed by atoms with Crippen LogP contribution in [0.4, 0.5) is 14.9 Å². The van der Waals surface area contributed by atoms with Crippen molar-refractivity contribution in [3.8, 4) is 0 Å². The fourth-order valence-electron chi connectivity index (χ4n) is 2.82. The summed E-state index contributed by atoms with van der Waals surface area (Å²) in [4.78, 5) is 12.1. The minimum atomic E-state index is -0.321. The lowest BCUT2D eigenvalue weighted by Gasteiger charge is -2.35. The zero-order chi connectivity index (χ0) is 13.5. The summed E-state index contributed by atoms with van der Waals surface area (Å²) in [6.07, 6.45) is 4.06. The minimum Gasteiger partial charge on any atom is -0.317 e. The first-order valence-electron chi connectivity index (χ1n) is 6.74. The maximum absolute atomic E-state index is 12.9. The van der Waals surface area contributed by atoms with Gasteiger partial charge in [-0.3, -0.25) is 0 Å². The van der Waals surface area contributed by atoms with Gasteiger partial charge in [0.05, 0.1) is 5.69 Å². The summed E-state index contributed by atoms with van der Waals surface area (Å²) in [6.45, 7) is 2.24. The quantitative estimate of drug-likeness (QED) is 0.818. The minimum absolute atomic E-state index is 0.166. The zero-order valence-corrected chi connectivity index (χ0v) is 10.9. The average molecular weight is 263 g/mol. The molecule has 1 aliphatic heterocycles. The van der Waals surface area contributed by atoms with Crippen LogP contribution in [-0.4, -0.2) is 11.7 Å². The van der Waals surface area contributed by atoms with Crippen LogP contribution in [0.3, 0.4) is 0 Å². The lowest BCUT2D eigenvalue weighted by atomic mass is 9.83. The molecule has 1 aromatic carbocycles. The van der Waals surface area contributed by atoms with E-state index < -0.39 is 0 Å². The van der Waals surface area contributed by atoms with Crippen molar-refractivity contribution in [3.63, 3.8) is 0 Å². The molecule has 0 unspecified atom stereocenters. The number of anilines is 1. The number of carbonyl (C=O) groups is 1. The van der Waals surface area contributed by atoms with Crippen molar-refractivity contribution >= 4 is 11.7 Å². The Kier molecular flexibility index (Phi) is 2.93. The summed E-state index contributed by atoms with van der Waals surface area (Å²) in [7, 11) is 0. The molecule has 19 heavy (non-hydrogen) atoms. The smallest absolute Gasteiger partial charge is 0.317 e. The van der Waals surface area contributed by atoms with Gasteiger partial charge in [-0.15, -0.1) is 0 Å². The van der Waals surface area contributed by atoms with Crippen molar-refractivity contribution in [2.24, 2.45) is 5.92 Å². The van der Waals surface area contributed by atoms with Gasteiger partial charge in [-0.25, -0.2) is 19.6 Å². The Morgan fingerprint density at radius 2 is 1.89 bits per heavy atom. The fraction of sp³-hybridized carbons (Fsp3) is 0.500. The topological polar surface area (TPSA) is 44.4 Å². The van der Waals surface area contributed by atoms with Crippen LogP contribution >= 0.6 is 0 Å². The molecule has 1 saturated heterocycles. The molecule has 3 rings (SSSR count). The predicted octanol–water partition coefficient (Wildman–Crippen LogP) is 2.77. The van der Waals surface area contributed by atoms with Gasteiger partial charge in [-0.1, -0.05) is 6.92 Å². The van der Waals surface area contributed by atoms with Crippen LogP contribution in [0.1, 0.15) is 32.6 Å². The van der Waals surface area contributed by atoms with Gasteiger partial charge in [0.2, 0.25) is 0 Å². The molecule has 1 aromatic rings. The van der Waals surface area contributed by atoms with Gasteiger partial charge >= 0.3 is 6.03 Å². The van der Waals surface area contributed by atoms with E-state index in [2.05, 4.69) is 17.7 Å². The summed E-state index contributed by atoms with van der Waals surface area (Å²) in [5.41, 5.74) is 3.60. The van der Waals surface area contributed by atoms with Crippen LogP contribution < -0.4 is 15.8 Å². The van der Waals surface area contributed by atoms with E-state index in [0.29, 0.717) is 11.6 Å². The number of benzene rings is 1. The Morgan fingerprint density at radius 1 is 1.26 bits per heavy atom. The Hall–Kier alpha value is -1.62. The highest BCUT2D eigenvalue weighted by Gasteiger charge is 2.44. The van der Waals surface area contributed by atoms with E-state index in [1.165, 1.54) is 17.1 Å². The highest BCUT2D eigenvalue weighted by Crippen LogP contribution is 2.33. The second-order valence-corrected chi connectivity index (χ2v) is 5.62. The van der Waals surface area contributed by atoms with Crippen LogP contribution in [0.25, 0.3) is 0 Å². The molecular formula is C14H18FN3O. The maximum Gasteiger partial charge on any atom is 0.338 e. The predicted molar refractivity (Wildman–Crippen MR) is 70.9 cm³/mol. The lowest BCUT2D eigenvalue weighted by Crippen LogP contribution is -2.53. The second kappa shape index (κ2) is 4.49. The lowest BCUT2D eigenvalue weighted by molar-refractivity contribution is 0.193. The van der Waals surface area contributed by atoms with Crippen LogP contribution in [-0.2, 0) is 0 Å². The largest absolute Gasteiger partial charge is 0.338 e. The molecule has 2 N–H and O–H groups in total. The number of nitrogens with zero attached hydrogens (tertiary/aromatic N) is 1. The number of amides is 2. The first-order valence-corrected chi connectivity index (χ1v) is 6.74. The summed E-state index contributed by atoms with van der Waals surface area (Å²) in [6, 6.07) is 5.76. The van der Waals surface area contributed by atoms with Gasteiger partial charge in [-0.05, 0) is 55.9 Å². The normalized spacial score (nSPS) is 30.7. The highest BCUT2D eigenvalue weighted by atomic mass is 19.1. The number of hydrazine groups is 1. The zero-order valence-electron chi connectivity index (χ0n) is 10.9. The van der Waals surface area contributed by atoms with Crippen molar-refractivity contribution < 1.29 is 9.18 Å². The molecule has 2 amide bonds. The third-order valence-electron chi connectivity index (χ3n) is 4.09. The molecule has 1 saturated carbocycles. The first-order chi connectivity index (χ1) is 9.08. The average Bonchev–Trinajstić information content (AvgIpc) is 2.72. The number of urea groups is 1. The molecule has 0 aromatic heterocycles. The number of hydrogen-bond acceptors (Lipinski definition) is 2. The second-order valence-electron chi connectivity index (χ2n) is 5.62. The number of carbonyl (C=O) groups excluding carboxylic acids is 1. The van der Waals surface area contributed by atoms with Gasteiger partial charge < -0.3 is 5.32 Å². The summed E-state index contributed by atoms with van der Waals surface area (Å²) in [5, 5.41) is 4.52. The molecule has 5 heteroatoms. The van der Waals surface area contributed by atoms with E-state index in [0.717, 1.165) is 25.7 Å². The van der Waals surface area contributed by atoms with Gasteiger partial charge in [0.25, 0.3) is 0 Å². The van der Waals surface area contributed by atoms with Crippen LogP contribution in [0.2, 0.25) is 0 Å². The van der Waals surface area contributed by atoms with Crippen LogP contribution in [0.5, 0.6) is 0 Å². The Morgan fingerprint density at radius 3 is 2.53 bits per heavy atom. The number of rotatable bonds is 1. The Labute approximate surface area is 111 Å². The van der Waals surface area contributed by atoms with Crippen molar-refractivity contribution in [1.29, 1.82) is 0 Å². The van der Waals surface area contributed by atoms with Crippen molar-refractivity contribution in [3.05, 3.63) is 30.1 Å². The van der Waals surface area contributed by atoms with Gasteiger partial charge in [0.1, 0.15) is 11.5 Å². The van der Waals surface area contributed by atoms with Gasteiger partial charge in [0, 0.05) is 0 Å². The molecule has 102 valence electrons. The molecule has 0 radical (unpaired) electrons. The molecule has 1 aliphatic carbocycles. The molecule has 2 aliphatic rings. The fourth-order valence-corrected chi connectivity index (χ4v) is 2.82. The molecule has 0 bridgehead atoms. The van der Waals surface area contributed by atoms with E-state index in [9.17, 15) is 9.18 Å². The standard InChI is InChI=1S/C14H18FN3O/c1-10-6-8-14(9-7-10)16-13(19)18(17-14)12-4-2-11(15)3-5-12/h2-5,10,17H,6-9H2,1H3,(H,16,19). The first kappa shape index (κ1) is 12.4. The SMILES string of the molecule is CC1CCC2(CC1)NC(=O)N(c1ccc(F)cc1)N2. The Balaban J connectivity index is 1.78. The molecule has 1 spiro atoms. The van der Waals surface area contributed by atoms with E-state index >= 15 is 0 Å². The monoisotopic (exact) mass is 263 g/mol. The number of nitrogens with one attached hydrogen (secondary N) is 2. The summed E-state index contributed by atoms with van der Waals surface area (Å²) >= 11 is 0. The highest BCUT2D eigenvalue weighted by molar-refractivity contribution is 5.93. The van der Waals surface area contributed by atoms with E-state index in [-0.39, 0.29) is 17.5 Å². The molecular weight excluding hydrogens is 245 g/mol. The number of hydrogen-bond donors (Lipinski definition) is 2. The van der Waals surface area contributed by atoms with E-state index in [4.69, 9.17) is 0 Å². The number of halogens is 1. The van der Waals surface area contributed by atoms with Gasteiger partial charge in [0.15, 0.2) is 0 Å². The van der Waals surface area contributed by atoms with Crippen molar-refractivity contribution in [2.45, 2.75) is 38.3 Å². The van der Waals surface area contributed by atoms with Crippen LogP contribution in [0, 0.1) is 11.7 Å². The molecule has 2 fully saturated rings. The third kappa shape index (κ3) is 2.30. The van der Waals surface area contributed by atoms with Crippen LogP contribution in [0.15, 0.2) is 24.3 Å². The molecule has 1 heterocycles. The summed E-state index contributed by atoms with van der Waals surface area (Å²) in [5.74, 6) is 0.411. The summed E-state index contributed by atoms with van der Waals surface area (Å²) < 4.78 is 12.9. The van der Waals surface area contributed by atoms with Crippen molar-refractivity contribution in [2.75, 3.05) is 5.01 Å².